The Morgan fingerprint density at radius 2 is 2.23 bits per heavy atom. The first-order chi connectivity index (χ1) is 10.7. The Hall–Kier alpha value is -1.65. The maximum atomic E-state index is 12.9. The molecule has 1 aliphatic rings. The minimum absolute atomic E-state index is 0.0232. The third kappa shape index (κ3) is 3.96. The third-order valence-electron chi connectivity index (χ3n) is 4.35. The zero-order chi connectivity index (χ0) is 15.9. The fourth-order valence-corrected chi connectivity index (χ4v) is 3.12. The van der Waals surface area contributed by atoms with Gasteiger partial charge in [0.05, 0.1) is 18.7 Å². The molecule has 2 rings (SSSR count). The van der Waals surface area contributed by atoms with Gasteiger partial charge in [0.15, 0.2) is 0 Å². The van der Waals surface area contributed by atoms with Crippen LogP contribution < -0.4 is 0 Å². The van der Waals surface area contributed by atoms with Gasteiger partial charge in [-0.2, -0.15) is 0 Å². The van der Waals surface area contributed by atoms with Gasteiger partial charge in [0.25, 0.3) is 0 Å². The van der Waals surface area contributed by atoms with Crippen LogP contribution in [-0.4, -0.2) is 53.1 Å². The van der Waals surface area contributed by atoms with Gasteiger partial charge in [-0.05, 0) is 31.9 Å². The fourth-order valence-electron chi connectivity index (χ4n) is 3.12. The highest BCUT2D eigenvalue weighted by Crippen LogP contribution is 2.21. The Morgan fingerprint density at radius 3 is 2.86 bits per heavy atom. The van der Waals surface area contributed by atoms with Gasteiger partial charge in [-0.3, -0.25) is 9.69 Å². The largest absolute Gasteiger partial charge is 0.394 e. The molecule has 2 atom stereocenters. The summed E-state index contributed by atoms with van der Waals surface area (Å²) in [4.78, 5) is 16.8. The number of nitrogens with zero attached hydrogens (tertiary/aromatic N) is 2. The molecule has 0 saturated carbocycles. The van der Waals surface area contributed by atoms with E-state index < -0.39 is 0 Å². The first-order valence-electron chi connectivity index (χ1n) is 7.93. The van der Waals surface area contributed by atoms with E-state index >= 15 is 0 Å². The van der Waals surface area contributed by atoms with Crippen molar-refractivity contribution in [3.05, 3.63) is 48.6 Å². The molecular formula is C18H26N2O2. The number of likely N-dealkylation sites (tertiary alicyclic amines) is 1. The van der Waals surface area contributed by atoms with Gasteiger partial charge in [0.1, 0.15) is 0 Å². The molecule has 4 heteroatoms. The van der Waals surface area contributed by atoms with Crippen molar-refractivity contribution < 1.29 is 9.90 Å². The average molecular weight is 302 g/mol. The molecule has 1 aromatic carbocycles. The van der Waals surface area contributed by atoms with Crippen molar-refractivity contribution in [1.29, 1.82) is 0 Å². The number of benzene rings is 1. The molecule has 1 aliphatic heterocycles. The molecule has 1 heterocycles. The predicted octanol–water partition coefficient (Wildman–Crippen LogP) is 2.05. The minimum atomic E-state index is -0.218. The van der Waals surface area contributed by atoms with Crippen LogP contribution in [0.4, 0.5) is 0 Å². The quantitative estimate of drug-likeness (QED) is 0.784. The van der Waals surface area contributed by atoms with E-state index in [2.05, 4.69) is 23.6 Å². The molecule has 0 aliphatic carbocycles. The smallest absolute Gasteiger partial charge is 0.240 e. The summed E-state index contributed by atoms with van der Waals surface area (Å²) in [6.07, 6.45) is 4.29. The van der Waals surface area contributed by atoms with E-state index in [0.29, 0.717) is 6.42 Å². The van der Waals surface area contributed by atoms with Crippen LogP contribution in [0.5, 0.6) is 0 Å². The van der Waals surface area contributed by atoms with Crippen LogP contribution in [0, 0.1) is 0 Å². The van der Waals surface area contributed by atoms with E-state index in [9.17, 15) is 9.90 Å². The molecule has 4 nitrogen and oxygen atoms in total. The Morgan fingerprint density at radius 1 is 1.50 bits per heavy atom. The first kappa shape index (κ1) is 16.7. The van der Waals surface area contributed by atoms with Crippen molar-refractivity contribution >= 4 is 5.91 Å². The van der Waals surface area contributed by atoms with Crippen molar-refractivity contribution in [2.75, 3.05) is 20.2 Å². The minimum Gasteiger partial charge on any atom is -0.394 e. The zero-order valence-corrected chi connectivity index (χ0v) is 13.3. The normalized spacial score (nSPS) is 19.4. The molecule has 1 amide bonds. The number of carbonyl (C=O) groups is 1. The maximum absolute atomic E-state index is 12.9. The highest BCUT2D eigenvalue weighted by Gasteiger charge is 2.33. The summed E-state index contributed by atoms with van der Waals surface area (Å²) in [5, 5.41) is 9.44. The highest BCUT2D eigenvalue weighted by atomic mass is 16.3. The topological polar surface area (TPSA) is 43.8 Å². The molecule has 0 radical (unpaired) electrons. The van der Waals surface area contributed by atoms with Crippen molar-refractivity contribution in [2.45, 2.75) is 37.9 Å². The van der Waals surface area contributed by atoms with Crippen LogP contribution in [0.3, 0.4) is 0 Å². The summed E-state index contributed by atoms with van der Waals surface area (Å²) in [5.41, 5.74) is 1.19. The maximum Gasteiger partial charge on any atom is 0.240 e. The number of hydrogen-bond acceptors (Lipinski definition) is 3. The summed E-state index contributed by atoms with van der Waals surface area (Å²) in [6, 6.07) is 9.91. The monoisotopic (exact) mass is 302 g/mol. The number of hydrogen-bond donors (Lipinski definition) is 1. The second-order valence-corrected chi connectivity index (χ2v) is 5.95. The van der Waals surface area contributed by atoms with Crippen LogP contribution in [0.15, 0.2) is 43.0 Å². The van der Waals surface area contributed by atoms with E-state index in [1.165, 1.54) is 5.56 Å². The molecule has 0 aromatic heterocycles. The van der Waals surface area contributed by atoms with E-state index in [0.717, 1.165) is 25.9 Å². The Bertz CT molecular complexity index is 489. The Kier molecular flexibility index (Phi) is 6.16. The van der Waals surface area contributed by atoms with Gasteiger partial charge in [0.2, 0.25) is 5.91 Å². The molecule has 1 saturated heterocycles. The number of aliphatic hydroxyl groups is 1. The molecule has 0 unspecified atom stereocenters. The van der Waals surface area contributed by atoms with Crippen LogP contribution in [0.1, 0.15) is 24.8 Å². The molecule has 0 spiro atoms. The molecule has 1 aromatic rings. The summed E-state index contributed by atoms with van der Waals surface area (Å²) < 4.78 is 0. The standard InChI is InChI=1S/C18H26N2O2/c1-3-8-17(18(22)20-12-7-11-16(20)14-21)19(2)13-15-9-5-4-6-10-15/h3-6,9-10,16-17,21H,1,7-8,11-14H2,2H3/t16-,17+/m0/s1. The SMILES string of the molecule is C=CC[C@H](C(=O)N1CCC[C@H]1CO)N(C)Cc1ccccc1. The van der Waals surface area contributed by atoms with Crippen molar-refractivity contribution in [1.82, 2.24) is 9.80 Å². The van der Waals surface area contributed by atoms with Crippen LogP contribution >= 0.6 is 0 Å². The summed E-state index contributed by atoms with van der Waals surface area (Å²) in [6.45, 7) is 5.31. The average Bonchev–Trinajstić information content (AvgIpc) is 3.01. The molecule has 0 bridgehead atoms. The molecule has 1 fully saturated rings. The summed E-state index contributed by atoms with van der Waals surface area (Å²) >= 11 is 0. The van der Waals surface area contributed by atoms with Gasteiger partial charge >= 0.3 is 0 Å². The van der Waals surface area contributed by atoms with Crippen LogP contribution in [-0.2, 0) is 11.3 Å². The van der Waals surface area contributed by atoms with E-state index in [-0.39, 0.29) is 24.6 Å². The van der Waals surface area contributed by atoms with Gasteiger partial charge in [0, 0.05) is 13.1 Å². The number of amides is 1. The predicted molar refractivity (Wildman–Crippen MR) is 88.3 cm³/mol. The lowest BCUT2D eigenvalue weighted by molar-refractivity contribution is -0.138. The molecule has 1 N–H and O–H groups in total. The first-order valence-corrected chi connectivity index (χ1v) is 7.93. The summed E-state index contributed by atoms with van der Waals surface area (Å²) in [7, 11) is 1.98. The molecule has 22 heavy (non-hydrogen) atoms. The number of rotatable bonds is 7. The molecular weight excluding hydrogens is 276 g/mol. The summed E-state index contributed by atoms with van der Waals surface area (Å²) in [5.74, 6) is 0.106. The van der Waals surface area contributed by atoms with Gasteiger partial charge < -0.3 is 10.0 Å². The van der Waals surface area contributed by atoms with Crippen LogP contribution in [0.2, 0.25) is 0 Å². The van der Waals surface area contributed by atoms with Crippen LogP contribution in [0.25, 0.3) is 0 Å². The lowest BCUT2D eigenvalue weighted by Gasteiger charge is -2.32. The van der Waals surface area contributed by atoms with Crippen molar-refractivity contribution in [2.24, 2.45) is 0 Å². The van der Waals surface area contributed by atoms with E-state index in [1.807, 2.05) is 30.1 Å². The van der Waals surface area contributed by atoms with Crippen molar-refractivity contribution in [3.8, 4) is 0 Å². The van der Waals surface area contributed by atoms with E-state index in [1.54, 1.807) is 6.08 Å². The second kappa shape index (κ2) is 8.11. The van der Waals surface area contributed by atoms with Gasteiger partial charge in [-0.15, -0.1) is 6.58 Å². The Labute approximate surface area is 133 Å². The number of carbonyl (C=O) groups excluding carboxylic acids is 1. The van der Waals surface area contributed by atoms with Gasteiger partial charge in [-0.25, -0.2) is 0 Å². The zero-order valence-electron chi connectivity index (χ0n) is 13.3. The fraction of sp³-hybridized carbons (Fsp3) is 0.500. The van der Waals surface area contributed by atoms with Gasteiger partial charge in [-0.1, -0.05) is 36.4 Å². The molecule has 120 valence electrons. The Balaban J connectivity index is 2.07. The lowest BCUT2D eigenvalue weighted by atomic mass is 10.1. The second-order valence-electron chi connectivity index (χ2n) is 5.95. The van der Waals surface area contributed by atoms with Crippen molar-refractivity contribution in [3.63, 3.8) is 0 Å². The third-order valence-corrected chi connectivity index (χ3v) is 4.35. The number of aliphatic hydroxyl groups excluding tert-OH is 1. The highest BCUT2D eigenvalue weighted by molar-refractivity contribution is 5.82. The lowest BCUT2D eigenvalue weighted by Crippen LogP contribution is -2.49. The number of likely N-dealkylation sites (N-methyl/N-ethyl adjacent to an activating group) is 1. The van der Waals surface area contributed by atoms with E-state index in [4.69, 9.17) is 0 Å².